The Morgan fingerprint density at radius 2 is 1.65 bits per heavy atom. The van der Waals surface area contributed by atoms with Crippen LogP contribution in [0, 0.1) is 20.8 Å². The molecule has 0 saturated carbocycles. The number of aryl methyl sites for hydroxylation is 2. The zero-order chi connectivity index (χ0) is 15.7. The summed E-state index contributed by atoms with van der Waals surface area (Å²) in [4.78, 5) is 14.2. The minimum Gasteiger partial charge on any atom is -0.339 e. The topological polar surface area (TPSA) is 80.5 Å². The first kappa shape index (κ1) is 16.7. The molecular weight excluding hydrogens is 276 g/mol. The van der Waals surface area contributed by atoms with Gasteiger partial charge in [-0.2, -0.15) is 0 Å². The lowest BCUT2D eigenvalue weighted by molar-refractivity contribution is 0.0771. The SMILES string of the molecule is CCN(CC)C(=O)c1c(C)cc(C)c(S(N)(=O)=O)c1C. The molecule has 2 N–H and O–H groups in total. The first-order chi connectivity index (χ1) is 9.15. The Morgan fingerprint density at radius 1 is 1.15 bits per heavy atom. The number of carbonyl (C=O) groups excluding carboxylic acids is 1. The largest absolute Gasteiger partial charge is 0.339 e. The third kappa shape index (κ3) is 3.02. The van der Waals surface area contributed by atoms with Gasteiger partial charge in [0.25, 0.3) is 5.91 Å². The highest BCUT2D eigenvalue weighted by atomic mass is 32.2. The van der Waals surface area contributed by atoms with E-state index in [-0.39, 0.29) is 10.8 Å². The van der Waals surface area contributed by atoms with Crippen molar-refractivity contribution >= 4 is 15.9 Å². The van der Waals surface area contributed by atoms with Crippen molar-refractivity contribution in [1.82, 2.24) is 4.90 Å². The summed E-state index contributed by atoms with van der Waals surface area (Å²) in [7, 11) is -3.85. The summed E-state index contributed by atoms with van der Waals surface area (Å²) in [6.45, 7) is 10.1. The molecule has 0 aliphatic heterocycles. The lowest BCUT2D eigenvalue weighted by Gasteiger charge is -2.22. The van der Waals surface area contributed by atoms with Crippen LogP contribution in [0.5, 0.6) is 0 Å². The smallest absolute Gasteiger partial charge is 0.254 e. The Hall–Kier alpha value is -1.40. The first-order valence-electron chi connectivity index (χ1n) is 6.57. The van der Waals surface area contributed by atoms with E-state index in [1.807, 2.05) is 20.8 Å². The molecule has 0 bridgehead atoms. The molecule has 20 heavy (non-hydrogen) atoms. The van der Waals surface area contributed by atoms with Gasteiger partial charge >= 0.3 is 0 Å². The highest BCUT2D eigenvalue weighted by molar-refractivity contribution is 7.89. The third-order valence-electron chi connectivity index (χ3n) is 3.45. The fraction of sp³-hybridized carbons (Fsp3) is 0.500. The third-order valence-corrected chi connectivity index (χ3v) is 4.65. The molecule has 0 aliphatic rings. The van der Waals surface area contributed by atoms with Crippen LogP contribution in [0.25, 0.3) is 0 Å². The van der Waals surface area contributed by atoms with E-state index in [4.69, 9.17) is 5.14 Å². The Kier molecular flexibility index (Phi) is 4.94. The fourth-order valence-electron chi connectivity index (χ4n) is 2.60. The maximum atomic E-state index is 12.5. The Morgan fingerprint density at radius 3 is 2.05 bits per heavy atom. The molecule has 1 rings (SSSR count). The minimum atomic E-state index is -3.85. The fourth-order valence-corrected chi connectivity index (χ4v) is 3.64. The van der Waals surface area contributed by atoms with E-state index in [0.717, 1.165) is 5.56 Å². The van der Waals surface area contributed by atoms with Crippen LogP contribution in [-0.2, 0) is 10.0 Å². The highest BCUT2D eigenvalue weighted by Gasteiger charge is 2.24. The van der Waals surface area contributed by atoms with Gasteiger partial charge in [-0.25, -0.2) is 13.6 Å². The summed E-state index contributed by atoms with van der Waals surface area (Å²) in [5, 5.41) is 5.27. The highest BCUT2D eigenvalue weighted by Crippen LogP contribution is 2.26. The van der Waals surface area contributed by atoms with Crippen LogP contribution in [-0.4, -0.2) is 32.3 Å². The summed E-state index contributed by atoms with van der Waals surface area (Å²) >= 11 is 0. The number of hydrogen-bond acceptors (Lipinski definition) is 3. The van der Waals surface area contributed by atoms with Crippen molar-refractivity contribution < 1.29 is 13.2 Å². The first-order valence-corrected chi connectivity index (χ1v) is 8.12. The van der Waals surface area contributed by atoms with Gasteiger partial charge in [0.1, 0.15) is 0 Å². The van der Waals surface area contributed by atoms with Gasteiger partial charge < -0.3 is 4.90 Å². The number of rotatable bonds is 4. The van der Waals surface area contributed by atoms with Gasteiger partial charge in [-0.1, -0.05) is 6.07 Å². The minimum absolute atomic E-state index is 0.0543. The molecule has 1 amide bonds. The van der Waals surface area contributed by atoms with E-state index in [1.165, 1.54) is 0 Å². The summed E-state index contributed by atoms with van der Waals surface area (Å²) < 4.78 is 23.4. The summed E-state index contributed by atoms with van der Waals surface area (Å²) in [5.41, 5.74) is 2.20. The molecular formula is C14H22N2O3S. The van der Waals surface area contributed by atoms with Crippen molar-refractivity contribution in [3.05, 3.63) is 28.3 Å². The van der Waals surface area contributed by atoms with Crippen LogP contribution in [0.2, 0.25) is 0 Å². The van der Waals surface area contributed by atoms with Gasteiger partial charge in [0.2, 0.25) is 10.0 Å². The van der Waals surface area contributed by atoms with Crippen LogP contribution < -0.4 is 5.14 Å². The van der Waals surface area contributed by atoms with E-state index < -0.39 is 10.0 Å². The van der Waals surface area contributed by atoms with Gasteiger partial charge in [0, 0.05) is 18.7 Å². The molecule has 0 radical (unpaired) electrons. The second-order valence-electron chi connectivity index (χ2n) is 4.86. The Bertz CT molecular complexity index is 632. The number of nitrogens with two attached hydrogens (primary N) is 1. The molecule has 0 saturated heterocycles. The van der Waals surface area contributed by atoms with Crippen molar-refractivity contribution in [1.29, 1.82) is 0 Å². The molecule has 1 aromatic carbocycles. The zero-order valence-corrected chi connectivity index (χ0v) is 13.5. The average Bonchev–Trinajstić information content (AvgIpc) is 2.27. The van der Waals surface area contributed by atoms with Gasteiger partial charge in [0.15, 0.2) is 0 Å². The van der Waals surface area contributed by atoms with Gasteiger partial charge in [-0.15, -0.1) is 0 Å². The van der Waals surface area contributed by atoms with Crippen LogP contribution in [0.1, 0.15) is 40.9 Å². The predicted octanol–water partition coefficient (Wildman–Crippen LogP) is 1.74. The predicted molar refractivity (Wildman–Crippen MR) is 79.3 cm³/mol. The lowest BCUT2D eigenvalue weighted by atomic mass is 9.98. The Balaban J connectivity index is 3.61. The van der Waals surface area contributed by atoms with Gasteiger partial charge in [0.05, 0.1) is 4.90 Å². The maximum absolute atomic E-state index is 12.5. The van der Waals surface area contributed by atoms with Gasteiger partial charge in [-0.3, -0.25) is 4.79 Å². The van der Waals surface area contributed by atoms with E-state index in [2.05, 4.69) is 0 Å². The number of hydrogen-bond donors (Lipinski definition) is 1. The molecule has 0 heterocycles. The second-order valence-corrected chi connectivity index (χ2v) is 6.36. The quantitative estimate of drug-likeness (QED) is 0.919. The number of nitrogens with zero attached hydrogens (tertiary/aromatic N) is 1. The van der Waals surface area contributed by atoms with Crippen LogP contribution in [0.15, 0.2) is 11.0 Å². The second kappa shape index (κ2) is 5.93. The van der Waals surface area contributed by atoms with Crippen molar-refractivity contribution in [2.24, 2.45) is 5.14 Å². The van der Waals surface area contributed by atoms with Crippen molar-refractivity contribution in [3.63, 3.8) is 0 Å². The molecule has 0 spiro atoms. The van der Waals surface area contributed by atoms with Gasteiger partial charge in [-0.05, 0) is 51.3 Å². The average molecular weight is 298 g/mol. The van der Waals surface area contributed by atoms with E-state index >= 15 is 0 Å². The molecule has 5 nitrogen and oxygen atoms in total. The maximum Gasteiger partial charge on any atom is 0.254 e. The van der Waals surface area contributed by atoms with Crippen LogP contribution in [0.3, 0.4) is 0 Å². The molecule has 112 valence electrons. The summed E-state index contributed by atoms with van der Waals surface area (Å²) in [5.74, 6) is -0.157. The standard InChI is InChI=1S/C14H22N2O3S/c1-6-16(7-2)14(17)12-9(3)8-10(4)13(11(12)5)20(15,18)19/h8H,6-7H2,1-5H3,(H2,15,18,19). The monoisotopic (exact) mass is 298 g/mol. The molecule has 0 fully saturated rings. The lowest BCUT2D eigenvalue weighted by Crippen LogP contribution is -2.32. The van der Waals surface area contributed by atoms with Crippen molar-refractivity contribution in [3.8, 4) is 0 Å². The number of primary sulfonamides is 1. The van der Waals surface area contributed by atoms with Crippen molar-refractivity contribution in [2.45, 2.75) is 39.5 Å². The molecule has 0 aromatic heterocycles. The summed E-state index contributed by atoms with van der Waals surface area (Å²) in [6.07, 6.45) is 0. The molecule has 6 heteroatoms. The van der Waals surface area contributed by atoms with E-state index in [9.17, 15) is 13.2 Å². The van der Waals surface area contributed by atoms with Crippen LogP contribution in [0.4, 0.5) is 0 Å². The number of sulfonamides is 1. The van der Waals surface area contributed by atoms with E-state index in [0.29, 0.717) is 29.8 Å². The Labute approximate surface area is 120 Å². The number of amides is 1. The van der Waals surface area contributed by atoms with Crippen molar-refractivity contribution in [2.75, 3.05) is 13.1 Å². The normalized spacial score (nSPS) is 11.5. The molecule has 0 aliphatic carbocycles. The molecule has 0 unspecified atom stereocenters. The number of benzene rings is 1. The molecule has 1 aromatic rings. The summed E-state index contributed by atoms with van der Waals surface area (Å²) in [6, 6.07) is 1.70. The van der Waals surface area contributed by atoms with E-state index in [1.54, 1.807) is 24.8 Å². The van der Waals surface area contributed by atoms with Crippen LogP contribution >= 0.6 is 0 Å². The number of carbonyl (C=O) groups is 1. The zero-order valence-electron chi connectivity index (χ0n) is 12.6. The molecule has 0 atom stereocenters.